The van der Waals surface area contributed by atoms with Crippen molar-refractivity contribution in [3.63, 3.8) is 0 Å². The number of anilines is 1. The Balaban J connectivity index is 1.95. The van der Waals surface area contributed by atoms with E-state index >= 15 is 0 Å². The van der Waals surface area contributed by atoms with Gasteiger partial charge in [-0.2, -0.15) is 0 Å². The van der Waals surface area contributed by atoms with Gasteiger partial charge in [-0.1, -0.05) is 11.3 Å². The van der Waals surface area contributed by atoms with E-state index < -0.39 is 0 Å². The summed E-state index contributed by atoms with van der Waals surface area (Å²) in [7, 11) is 1.64. The second kappa shape index (κ2) is 7.89. The molecular weight excluding hydrogens is 336 g/mol. The van der Waals surface area contributed by atoms with Gasteiger partial charge < -0.3 is 10.1 Å². The van der Waals surface area contributed by atoms with Gasteiger partial charge in [0.2, 0.25) is 5.91 Å². The van der Waals surface area contributed by atoms with Crippen LogP contribution in [0.25, 0.3) is 0 Å². The summed E-state index contributed by atoms with van der Waals surface area (Å²) in [5, 5.41) is 3.35. The monoisotopic (exact) mass is 354 g/mol. The highest BCUT2D eigenvalue weighted by atomic mass is 32.2. The molecule has 0 saturated carbocycles. The molecule has 7 heteroatoms. The Labute approximate surface area is 143 Å². The second-order valence-electron chi connectivity index (χ2n) is 4.52. The topological polar surface area (TPSA) is 51.2 Å². The lowest BCUT2D eigenvalue weighted by atomic mass is 10.3. The van der Waals surface area contributed by atoms with Gasteiger partial charge in [-0.15, -0.1) is 23.5 Å². The maximum Gasteiger partial charge on any atom is 0.239 e. The molecule has 1 N–H and O–H groups in total. The SMILES string of the molecule is COc1ccc(SC(C)C(=O)Nc2nc(C)c(SC)s2)cc1. The first-order valence-corrected chi connectivity index (χ1v) is 9.58. The Kier molecular flexibility index (Phi) is 6.16. The average molecular weight is 355 g/mol. The van der Waals surface area contributed by atoms with E-state index in [0.29, 0.717) is 5.13 Å². The van der Waals surface area contributed by atoms with Crippen LogP contribution >= 0.6 is 34.9 Å². The molecule has 0 saturated heterocycles. The van der Waals surface area contributed by atoms with Gasteiger partial charge in [0, 0.05) is 4.90 Å². The highest BCUT2D eigenvalue weighted by Crippen LogP contribution is 2.31. The van der Waals surface area contributed by atoms with Crippen molar-refractivity contribution in [2.45, 2.75) is 28.2 Å². The summed E-state index contributed by atoms with van der Waals surface area (Å²) in [5.41, 5.74) is 0.961. The van der Waals surface area contributed by atoms with Crippen LogP contribution in [0.3, 0.4) is 0 Å². The van der Waals surface area contributed by atoms with E-state index in [-0.39, 0.29) is 11.2 Å². The number of nitrogens with zero attached hydrogens (tertiary/aromatic N) is 1. The quantitative estimate of drug-likeness (QED) is 0.784. The van der Waals surface area contributed by atoms with Crippen LogP contribution in [0.15, 0.2) is 33.4 Å². The van der Waals surface area contributed by atoms with Crippen molar-refractivity contribution in [3.05, 3.63) is 30.0 Å². The van der Waals surface area contributed by atoms with Crippen molar-refractivity contribution in [3.8, 4) is 5.75 Å². The predicted octanol–water partition coefficient (Wildman–Crippen LogP) is 4.30. The molecule has 1 atom stereocenters. The molecule has 0 aliphatic carbocycles. The minimum atomic E-state index is -0.199. The Morgan fingerprint density at radius 3 is 2.59 bits per heavy atom. The van der Waals surface area contributed by atoms with Crippen LogP contribution in [-0.2, 0) is 4.79 Å². The van der Waals surface area contributed by atoms with Crippen molar-refractivity contribution in [1.82, 2.24) is 4.98 Å². The lowest BCUT2D eigenvalue weighted by Gasteiger charge is -2.10. The van der Waals surface area contributed by atoms with Gasteiger partial charge in [-0.05, 0) is 44.4 Å². The van der Waals surface area contributed by atoms with Crippen molar-refractivity contribution < 1.29 is 9.53 Å². The van der Waals surface area contributed by atoms with Gasteiger partial charge in [-0.25, -0.2) is 4.98 Å². The zero-order valence-electron chi connectivity index (χ0n) is 12.9. The third kappa shape index (κ3) is 4.41. The Morgan fingerprint density at radius 2 is 2.05 bits per heavy atom. The minimum Gasteiger partial charge on any atom is -0.497 e. The molecule has 22 heavy (non-hydrogen) atoms. The first-order chi connectivity index (χ1) is 10.5. The van der Waals surface area contributed by atoms with Gasteiger partial charge in [0.05, 0.1) is 22.3 Å². The van der Waals surface area contributed by atoms with Crippen LogP contribution in [-0.4, -0.2) is 29.5 Å². The number of thioether (sulfide) groups is 2. The first kappa shape index (κ1) is 17.2. The van der Waals surface area contributed by atoms with E-state index in [4.69, 9.17) is 4.74 Å². The molecular formula is C15H18N2O2S3. The number of carbonyl (C=O) groups is 1. The normalized spacial score (nSPS) is 12.0. The third-order valence-electron chi connectivity index (χ3n) is 2.91. The van der Waals surface area contributed by atoms with Crippen LogP contribution in [0.4, 0.5) is 5.13 Å². The van der Waals surface area contributed by atoms with Gasteiger partial charge in [-0.3, -0.25) is 4.79 Å². The number of ether oxygens (including phenoxy) is 1. The first-order valence-electron chi connectivity index (χ1n) is 6.66. The average Bonchev–Trinajstić information content (AvgIpc) is 2.87. The molecule has 0 aliphatic rings. The van der Waals surface area contributed by atoms with Crippen molar-refractivity contribution >= 4 is 45.9 Å². The fraction of sp³-hybridized carbons (Fsp3) is 0.333. The molecule has 0 radical (unpaired) electrons. The molecule has 1 heterocycles. The molecule has 4 nitrogen and oxygen atoms in total. The number of aromatic nitrogens is 1. The largest absolute Gasteiger partial charge is 0.497 e. The molecule has 2 rings (SSSR count). The van der Waals surface area contributed by atoms with E-state index in [1.54, 1.807) is 18.9 Å². The van der Waals surface area contributed by atoms with Crippen LogP contribution in [0.2, 0.25) is 0 Å². The number of hydrogen-bond acceptors (Lipinski definition) is 6. The number of amides is 1. The summed E-state index contributed by atoms with van der Waals surface area (Å²) in [6.07, 6.45) is 2.01. The summed E-state index contributed by atoms with van der Waals surface area (Å²) in [6, 6.07) is 7.68. The molecule has 0 bridgehead atoms. The Hall–Kier alpha value is -1.18. The number of rotatable bonds is 6. The number of hydrogen-bond donors (Lipinski definition) is 1. The van der Waals surface area contributed by atoms with E-state index in [2.05, 4.69) is 10.3 Å². The number of aryl methyl sites for hydroxylation is 1. The van der Waals surface area contributed by atoms with Gasteiger partial charge in [0.15, 0.2) is 5.13 Å². The van der Waals surface area contributed by atoms with Crippen LogP contribution in [0.1, 0.15) is 12.6 Å². The van der Waals surface area contributed by atoms with Crippen molar-refractivity contribution in [1.29, 1.82) is 0 Å². The molecule has 1 unspecified atom stereocenters. The van der Waals surface area contributed by atoms with Crippen molar-refractivity contribution in [2.75, 3.05) is 18.7 Å². The van der Waals surface area contributed by atoms with Crippen LogP contribution in [0, 0.1) is 6.92 Å². The molecule has 0 aliphatic heterocycles. The van der Waals surface area contributed by atoms with Crippen LogP contribution < -0.4 is 10.1 Å². The third-order valence-corrected chi connectivity index (χ3v) is 6.31. The van der Waals surface area contributed by atoms with E-state index in [0.717, 1.165) is 20.5 Å². The lowest BCUT2D eigenvalue weighted by molar-refractivity contribution is -0.115. The molecule has 118 valence electrons. The highest BCUT2D eigenvalue weighted by molar-refractivity contribution is 8.00. The number of methoxy groups -OCH3 is 1. The van der Waals surface area contributed by atoms with Crippen LogP contribution in [0.5, 0.6) is 5.75 Å². The van der Waals surface area contributed by atoms with Gasteiger partial charge in [0.25, 0.3) is 0 Å². The number of thiazole rings is 1. The number of benzene rings is 1. The molecule has 0 fully saturated rings. The van der Waals surface area contributed by atoms with Crippen molar-refractivity contribution in [2.24, 2.45) is 0 Å². The minimum absolute atomic E-state index is 0.0396. The number of carbonyl (C=O) groups excluding carboxylic acids is 1. The summed E-state index contributed by atoms with van der Waals surface area (Å²) in [4.78, 5) is 17.7. The zero-order valence-corrected chi connectivity index (χ0v) is 15.3. The maximum atomic E-state index is 12.3. The molecule has 1 aromatic carbocycles. The van der Waals surface area contributed by atoms with Gasteiger partial charge in [0.1, 0.15) is 5.75 Å². The molecule has 2 aromatic rings. The fourth-order valence-corrected chi connectivity index (χ4v) is 4.23. The summed E-state index contributed by atoms with van der Waals surface area (Å²) < 4.78 is 6.26. The standard InChI is InChI=1S/C15H18N2O2S3/c1-9-14(20-4)22-15(16-9)17-13(18)10(2)21-12-7-5-11(19-3)6-8-12/h5-8,10H,1-4H3,(H,16,17,18). The summed E-state index contributed by atoms with van der Waals surface area (Å²) in [5.74, 6) is 0.770. The van der Waals surface area contributed by atoms with E-state index in [1.807, 2.05) is 44.4 Å². The summed E-state index contributed by atoms with van der Waals surface area (Å²) >= 11 is 4.67. The molecule has 0 spiro atoms. The summed E-state index contributed by atoms with van der Waals surface area (Å²) in [6.45, 7) is 3.84. The van der Waals surface area contributed by atoms with E-state index in [9.17, 15) is 4.79 Å². The predicted molar refractivity (Wildman–Crippen MR) is 95.6 cm³/mol. The zero-order chi connectivity index (χ0) is 16.1. The lowest BCUT2D eigenvalue weighted by Crippen LogP contribution is -2.22. The van der Waals surface area contributed by atoms with E-state index in [1.165, 1.54) is 23.1 Å². The maximum absolute atomic E-state index is 12.3. The Morgan fingerprint density at radius 1 is 1.36 bits per heavy atom. The second-order valence-corrected chi connectivity index (χ2v) is 8.01. The highest BCUT2D eigenvalue weighted by Gasteiger charge is 2.17. The number of nitrogens with one attached hydrogen (secondary N) is 1. The smallest absolute Gasteiger partial charge is 0.239 e. The molecule has 1 amide bonds. The van der Waals surface area contributed by atoms with Gasteiger partial charge >= 0.3 is 0 Å². The Bertz CT molecular complexity index is 641. The fourth-order valence-electron chi connectivity index (χ4n) is 1.74. The molecule has 1 aromatic heterocycles.